The molecule has 2 aromatic heterocycles. The number of hydrogen-bond donors (Lipinski definition) is 0. The molecule has 3 heterocycles. The molecule has 1 saturated heterocycles. The van der Waals surface area contributed by atoms with Crippen LogP contribution in [0.4, 0.5) is 0 Å². The first-order valence-corrected chi connectivity index (χ1v) is 10.4. The third kappa shape index (κ3) is 3.47. The van der Waals surface area contributed by atoms with Crippen molar-refractivity contribution in [2.24, 2.45) is 7.05 Å². The molecule has 0 aromatic carbocycles. The molecular formula is C19H26N4O2S. The van der Waals surface area contributed by atoms with Crippen molar-refractivity contribution in [3.63, 3.8) is 0 Å². The number of thioether (sulfide) groups is 1. The lowest BCUT2D eigenvalue weighted by Gasteiger charge is -2.14. The fraction of sp³-hybridized carbons (Fsp3) is 0.632. The molecule has 0 bridgehead atoms. The summed E-state index contributed by atoms with van der Waals surface area (Å²) >= 11 is 1.48. The van der Waals surface area contributed by atoms with Crippen LogP contribution < -0.4 is 0 Å². The molecule has 7 heteroatoms. The third-order valence-corrected chi connectivity index (χ3v) is 6.45. The number of ketones is 1. The van der Waals surface area contributed by atoms with Gasteiger partial charge in [-0.2, -0.15) is 0 Å². The Hall–Kier alpha value is -1.60. The third-order valence-electron chi connectivity index (χ3n) is 5.43. The van der Waals surface area contributed by atoms with Crippen LogP contribution in [-0.4, -0.2) is 43.6 Å². The highest BCUT2D eigenvalue weighted by Gasteiger charge is 2.29. The summed E-state index contributed by atoms with van der Waals surface area (Å²) in [4.78, 5) is 12.8. The Labute approximate surface area is 158 Å². The van der Waals surface area contributed by atoms with E-state index in [9.17, 15) is 4.79 Å². The van der Waals surface area contributed by atoms with Crippen molar-refractivity contribution in [1.29, 1.82) is 0 Å². The molecule has 1 saturated carbocycles. The van der Waals surface area contributed by atoms with Crippen LogP contribution in [0.2, 0.25) is 0 Å². The Kier molecular flexibility index (Phi) is 4.92. The molecule has 0 unspecified atom stereocenters. The van der Waals surface area contributed by atoms with Crippen LogP contribution in [0, 0.1) is 13.8 Å². The van der Waals surface area contributed by atoms with Gasteiger partial charge in [0, 0.05) is 43.1 Å². The number of carbonyl (C=O) groups is 1. The van der Waals surface area contributed by atoms with E-state index in [1.807, 2.05) is 24.6 Å². The average molecular weight is 375 g/mol. The monoisotopic (exact) mass is 374 g/mol. The van der Waals surface area contributed by atoms with E-state index in [0.717, 1.165) is 53.9 Å². The second kappa shape index (κ2) is 7.19. The summed E-state index contributed by atoms with van der Waals surface area (Å²) in [6.45, 7) is 5.79. The fourth-order valence-corrected chi connectivity index (χ4v) is 4.51. The molecular weight excluding hydrogens is 348 g/mol. The molecule has 1 aliphatic heterocycles. The van der Waals surface area contributed by atoms with Crippen molar-refractivity contribution in [3.8, 4) is 0 Å². The van der Waals surface area contributed by atoms with Gasteiger partial charge in [0.05, 0.1) is 11.9 Å². The molecule has 2 fully saturated rings. The Morgan fingerprint density at radius 3 is 2.81 bits per heavy atom. The van der Waals surface area contributed by atoms with Crippen LogP contribution in [-0.2, 0) is 18.3 Å². The average Bonchev–Trinajstić information content (AvgIpc) is 3.08. The molecule has 0 radical (unpaired) electrons. The van der Waals surface area contributed by atoms with Crippen molar-refractivity contribution >= 4 is 17.5 Å². The summed E-state index contributed by atoms with van der Waals surface area (Å²) in [5, 5.41) is 9.37. The first-order valence-electron chi connectivity index (χ1n) is 9.38. The molecule has 26 heavy (non-hydrogen) atoms. The van der Waals surface area contributed by atoms with E-state index < -0.39 is 0 Å². The van der Waals surface area contributed by atoms with E-state index in [4.69, 9.17) is 4.74 Å². The maximum absolute atomic E-state index is 12.8. The zero-order valence-corrected chi connectivity index (χ0v) is 16.5. The Morgan fingerprint density at radius 1 is 1.31 bits per heavy atom. The van der Waals surface area contributed by atoms with Gasteiger partial charge >= 0.3 is 0 Å². The minimum absolute atomic E-state index is 0.151. The van der Waals surface area contributed by atoms with Crippen LogP contribution in [0.25, 0.3) is 0 Å². The summed E-state index contributed by atoms with van der Waals surface area (Å²) in [6, 6.07) is 2.01. The summed E-state index contributed by atoms with van der Waals surface area (Å²) in [5.74, 6) is 2.16. The van der Waals surface area contributed by atoms with Gasteiger partial charge < -0.3 is 13.9 Å². The number of nitrogens with zero attached hydrogens (tertiary/aromatic N) is 4. The minimum atomic E-state index is 0.151. The lowest BCUT2D eigenvalue weighted by molar-refractivity contribution is 0.0957. The first kappa shape index (κ1) is 17.8. The van der Waals surface area contributed by atoms with Crippen molar-refractivity contribution in [2.75, 3.05) is 12.4 Å². The van der Waals surface area contributed by atoms with E-state index in [2.05, 4.69) is 21.7 Å². The molecule has 6 nitrogen and oxygen atoms in total. The highest BCUT2D eigenvalue weighted by Crippen LogP contribution is 2.39. The molecule has 0 amide bonds. The number of aryl methyl sites for hydroxylation is 1. The topological polar surface area (TPSA) is 61.9 Å². The maximum atomic E-state index is 12.8. The number of rotatable bonds is 7. The Balaban J connectivity index is 1.43. The highest BCUT2D eigenvalue weighted by atomic mass is 32.2. The number of carbonyl (C=O) groups excluding carboxylic acids is 1. The minimum Gasteiger partial charge on any atom is -0.376 e. The Bertz CT molecular complexity index is 816. The fourth-order valence-electron chi connectivity index (χ4n) is 3.71. The Morgan fingerprint density at radius 2 is 2.12 bits per heavy atom. The standard InChI is InChI=1S/C19H26N4O2S/c1-12-9-16(13(2)23(12)10-15-5-4-8-25-15)17(24)11-26-19-21-20-18(22(19)3)14-6-7-14/h9,14-15H,4-8,10-11H2,1-3H3/t15-/m0/s1. The number of aromatic nitrogens is 4. The van der Waals surface area contributed by atoms with Crippen LogP contribution >= 0.6 is 11.8 Å². The molecule has 0 N–H and O–H groups in total. The largest absolute Gasteiger partial charge is 0.376 e. The predicted molar refractivity (Wildman–Crippen MR) is 101 cm³/mol. The quantitative estimate of drug-likeness (QED) is 0.550. The second-order valence-electron chi connectivity index (χ2n) is 7.42. The van der Waals surface area contributed by atoms with Crippen molar-refractivity contribution in [3.05, 3.63) is 28.8 Å². The number of ether oxygens (including phenoxy) is 1. The second-order valence-corrected chi connectivity index (χ2v) is 8.36. The van der Waals surface area contributed by atoms with E-state index in [1.165, 1.54) is 24.6 Å². The number of Topliss-reactive ketones (excluding diaryl/α,β-unsaturated/α-hetero) is 1. The first-order chi connectivity index (χ1) is 12.5. The lowest BCUT2D eigenvalue weighted by atomic mass is 10.2. The molecule has 2 aliphatic rings. The van der Waals surface area contributed by atoms with Gasteiger partial charge in [-0.25, -0.2) is 0 Å². The van der Waals surface area contributed by atoms with Crippen molar-refractivity contribution in [2.45, 2.75) is 63.3 Å². The molecule has 140 valence electrons. The lowest BCUT2D eigenvalue weighted by Crippen LogP contribution is -2.17. The maximum Gasteiger partial charge on any atom is 0.191 e. The summed E-state index contributed by atoms with van der Waals surface area (Å²) in [5.41, 5.74) is 2.99. The predicted octanol–water partition coefficient (Wildman–Crippen LogP) is 3.26. The van der Waals surface area contributed by atoms with E-state index in [-0.39, 0.29) is 11.9 Å². The smallest absolute Gasteiger partial charge is 0.191 e. The van der Waals surface area contributed by atoms with Gasteiger partial charge in [-0.1, -0.05) is 11.8 Å². The summed E-state index contributed by atoms with van der Waals surface area (Å²) in [6.07, 6.45) is 4.91. The zero-order valence-electron chi connectivity index (χ0n) is 15.7. The van der Waals surface area contributed by atoms with Gasteiger partial charge in [0.2, 0.25) is 0 Å². The van der Waals surface area contributed by atoms with Crippen LogP contribution in [0.15, 0.2) is 11.2 Å². The molecule has 2 aromatic rings. The number of hydrogen-bond acceptors (Lipinski definition) is 5. The van der Waals surface area contributed by atoms with Crippen molar-refractivity contribution < 1.29 is 9.53 Å². The zero-order chi connectivity index (χ0) is 18.3. The molecule has 1 aliphatic carbocycles. The van der Waals surface area contributed by atoms with Gasteiger partial charge in [0.1, 0.15) is 5.82 Å². The van der Waals surface area contributed by atoms with Crippen LogP contribution in [0.3, 0.4) is 0 Å². The van der Waals surface area contributed by atoms with E-state index in [0.29, 0.717) is 11.7 Å². The molecule has 0 spiro atoms. The van der Waals surface area contributed by atoms with Gasteiger partial charge in [0.25, 0.3) is 0 Å². The van der Waals surface area contributed by atoms with Crippen molar-refractivity contribution in [1.82, 2.24) is 19.3 Å². The summed E-state index contributed by atoms with van der Waals surface area (Å²) < 4.78 is 10.0. The molecule has 4 rings (SSSR count). The SMILES string of the molecule is Cc1cc(C(=O)CSc2nnc(C3CC3)n2C)c(C)n1C[C@@H]1CCCO1. The van der Waals surface area contributed by atoms with E-state index in [1.54, 1.807) is 0 Å². The van der Waals surface area contributed by atoms with Gasteiger partial charge in [-0.3, -0.25) is 4.79 Å². The molecule has 1 atom stereocenters. The normalized spacial score (nSPS) is 20.0. The van der Waals surface area contributed by atoms with Crippen LogP contribution in [0.1, 0.15) is 59.2 Å². The van der Waals surface area contributed by atoms with Crippen LogP contribution in [0.5, 0.6) is 0 Å². The van der Waals surface area contributed by atoms with E-state index >= 15 is 0 Å². The van der Waals surface area contributed by atoms with Gasteiger partial charge in [0.15, 0.2) is 10.9 Å². The van der Waals surface area contributed by atoms with Gasteiger partial charge in [-0.05, 0) is 45.6 Å². The summed E-state index contributed by atoms with van der Waals surface area (Å²) in [7, 11) is 1.99. The van der Waals surface area contributed by atoms with Gasteiger partial charge in [-0.15, -0.1) is 10.2 Å². The highest BCUT2D eigenvalue weighted by molar-refractivity contribution is 7.99.